The zero-order valence-electron chi connectivity index (χ0n) is 4.48. The molecule has 0 aromatic heterocycles. The highest BCUT2D eigenvalue weighted by Crippen LogP contribution is 1.84. The van der Waals surface area contributed by atoms with Crippen molar-refractivity contribution in [3.05, 3.63) is 0 Å². The molecule has 6 nitrogen and oxygen atoms in total. The van der Waals surface area contributed by atoms with Crippen LogP contribution in [-0.4, -0.2) is 29.3 Å². The fraction of sp³-hybridized carbons (Fsp3) is 0. The smallest absolute Gasteiger partial charge is 0.476 e. The standard InChI is InChI=1S/C2H2BFO6/c4-10-2(6)1(5)9-3(7)8/h7-8H. The highest BCUT2D eigenvalue weighted by Gasteiger charge is 2.24. The van der Waals surface area contributed by atoms with Crippen LogP contribution in [0, 0.1) is 0 Å². The summed E-state index contributed by atoms with van der Waals surface area (Å²) in [5.74, 6) is -3.77. The van der Waals surface area contributed by atoms with E-state index in [2.05, 4.69) is 9.60 Å². The van der Waals surface area contributed by atoms with Crippen molar-refractivity contribution < 1.29 is 33.8 Å². The minimum atomic E-state index is -2.45. The van der Waals surface area contributed by atoms with E-state index in [0.717, 1.165) is 0 Å². The number of hydrogen-bond acceptors (Lipinski definition) is 6. The predicted octanol–water partition coefficient (Wildman–Crippen LogP) is -2.07. The maximum absolute atomic E-state index is 10.8. The maximum Gasteiger partial charge on any atom is 0.709 e. The van der Waals surface area contributed by atoms with Gasteiger partial charge >= 0.3 is 19.3 Å². The van der Waals surface area contributed by atoms with E-state index in [-0.39, 0.29) is 0 Å². The molecule has 0 atom stereocenters. The van der Waals surface area contributed by atoms with E-state index in [1.807, 2.05) is 0 Å². The van der Waals surface area contributed by atoms with Crippen molar-refractivity contribution in [3.63, 3.8) is 0 Å². The fourth-order valence-corrected chi connectivity index (χ4v) is 0.175. The second-order valence-electron chi connectivity index (χ2n) is 1.10. The first kappa shape index (κ1) is 8.85. The molecule has 0 unspecified atom stereocenters. The van der Waals surface area contributed by atoms with Crippen molar-refractivity contribution in [2.24, 2.45) is 0 Å². The molecule has 0 aliphatic heterocycles. The third kappa shape index (κ3) is 3.00. The monoisotopic (exact) mass is 152 g/mol. The first-order valence-electron chi connectivity index (χ1n) is 1.97. The molecule has 0 radical (unpaired) electrons. The van der Waals surface area contributed by atoms with Gasteiger partial charge in [0.05, 0.1) is 0 Å². The number of rotatable bonds is 1. The molecule has 8 heteroatoms. The van der Waals surface area contributed by atoms with Crippen LogP contribution in [0.25, 0.3) is 0 Å². The van der Waals surface area contributed by atoms with Crippen LogP contribution in [0.4, 0.5) is 4.53 Å². The van der Waals surface area contributed by atoms with Crippen LogP contribution < -0.4 is 0 Å². The Morgan fingerprint density at radius 3 is 2.10 bits per heavy atom. The summed E-state index contributed by atoms with van der Waals surface area (Å²) in [6, 6.07) is 0. The number of carbonyl (C=O) groups excluding carboxylic acids is 2. The normalized spacial score (nSPS) is 8.30. The van der Waals surface area contributed by atoms with Crippen LogP contribution in [-0.2, 0) is 19.2 Å². The third-order valence-corrected chi connectivity index (χ3v) is 0.449. The zero-order chi connectivity index (χ0) is 8.15. The van der Waals surface area contributed by atoms with E-state index < -0.39 is 19.3 Å². The van der Waals surface area contributed by atoms with Gasteiger partial charge in [-0.2, -0.15) is 0 Å². The van der Waals surface area contributed by atoms with Gasteiger partial charge in [0.25, 0.3) is 0 Å². The summed E-state index contributed by atoms with van der Waals surface area (Å²) in [4.78, 5) is 22.1. The highest BCUT2D eigenvalue weighted by molar-refractivity contribution is 6.43. The molecule has 0 spiro atoms. The summed E-state index contributed by atoms with van der Waals surface area (Å²) >= 11 is 0. The topological polar surface area (TPSA) is 93.1 Å². The molecule has 0 saturated heterocycles. The number of hydrogen-bond donors (Lipinski definition) is 2. The molecule has 0 aromatic carbocycles. The van der Waals surface area contributed by atoms with Crippen molar-refractivity contribution in [2.45, 2.75) is 0 Å². The zero-order valence-corrected chi connectivity index (χ0v) is 4.48. The van der Waals surface area contributed by atoms with E-state index >= 15 is 0 Å². The quantitative estimate of drug-likeness (QED) is 0.331. The molecule has 56 valence electrons. The van der Waals surface area contributed by atoms with Crippen molar-refractivity contribution in [1.29, 1.82) is 0 Å². The minimum Gasteiger partial charge on any atom is -0.476 e. The van der Waals surface area contributed by atoms with Gasteiger partial charge in [-0.05, 0) is 0 Å². The van der Waals surface area contributed by atoms with Gasteiger partial charge in [0.1, 0.15) is 0 Å². The first-order valence-corrected chi connectivity index (χ1v) is 1.97. The van der Waals surface area contributed by atoms with Crippen LogP contribution in [0.2, 0.25) is 0 Å². The van der Waals surface area contributed by atoms with Crippen LogP contribution in [0.5, 0.6) is 0 Å². The Morgan fingerprint density at radius 2 is 1.80 bits per heavy atom. The lowest BCUT2D eigenvalue weighted by Crippen LogP contribution is -2.27. The van der Waals surface area contributed by atoms with E-state index in [1.54, 1.807) is 0 Å². The molecule has 0 saturated carbocycles. The van der Waals surface area contributed by atoms with E-state index in [1.165, 1.54) is 0 Å². The number of carbonyl (C=O) groups is 2. The predicted molar refractivity (Wildman–Crippen MR) is 23.5 cm³/mol. The summed E-state index contributed by atoms with van der Waals surface area (Å²) in [7, 11) is -2.45. The summed E-state index contributed by atoms with van der Waals surface area (Å²) < 4.78 is 14.1. The summed E-state index contributed by atoms with van der Waals surface area (Å²) in [5, 5.41) is 15.7. The molecular formula is C2H2BFO6. The molecule has 0 fully saturated rings. The molecule has 2 N–H and O–H groups in total. The average Bonchev–Trinajstić information content (AvgIpc) is 1.85. The van der Waals surface area contributed by atoms with Crippen LogP contribution >= 0.6 is 0 Å². The SMILES string of the molecule is O=C(OF)C(=O)OB(O)O. The Bertz CT molecular complexity index is 145. The Hall–Kier alpha value is -1.15. The third-order valence-electron chi connectivity index (χ3n) is 0.449. The lowest BCUT2D eigenvalue weighted by molar-refractivity contribution is -0.192. The van der Waals surface area contributed by atoms with Crippen molar-refractivity contribution in [3.8, 4) is 0 Å². The summed E-state index contributed by atoms with van der Waals surface area (Å²) in [6.45, 7) is 0. The summed E-state index contributed by atoms with van der Waals surface area (Å²) in [6.07, 6.45) is 0. The van der Waals surface area contributed by atoms with E-state index in [4.69, 9.17) is 10.0 Å². The van der Waals surface area contributed by atoms with Crippen LogP contribution in [0.15, 0.2) is 0 Å². The van der Waals surface area contributed by atoms with Gasteiger partial charge < -0.3 is 14.7 Å². The molecule has 10 heavy (non-hydrogen) atoms. The van der Waals surface area contributed by atoms with Crippen molar-refractivity contribution in [1.82, 2.24) is 0 Å². The fourth-order valence-electron chi connectivity index (χ4n) is 0.175. The molecule has 0 amide bonds. The lowest BCUT2D eigenvalue weighted by Gasteiger charge is -1.96. The largest absolute Gasteiger partial charge is 0.709 e. The van der Waals surface area contributed by atoms with Crippen LogP contribution in [0.1, 0.15) is 0 Å². The molecule has 0 aliphatic rings. The van der Waals surface area contributed by atoms with E-state index in [9.17, 15) is 14.1 Å². The second kappa shape index (κ2) is 3.80. The van der Waals surface area contributed by atoms with E-state index in [0.29, 0.717) is 0 Å². The minimum absolute atomic E-state index is 1.82. The van der Waals surface area contributed by atoms with Gasteiger partial charge in [-0.25, -0.2) is 14.5 Å². The second-order valence-corrected chi connectivity index (χ2v) is 1.10. The Kier molecular flexibility index (Phi) is 3.37. The Morgan fingerprint density at radius 1 is 1.30 bits per heavy atom. The van der Waals surface area contributed by atoms with Gasteiger partial charge in [0.15, 0.2) is 0 Å². The molecule has 0 aromatic rings. The van der Waals surface area contributed by atoms with Gasteiger partial charge in [0, 0.05) is 4.53 Å². The van der Waals surface area contributed by atoms with Gasteiger partial charge in [0.2, 0.25) is 0 Å². The molecule has 0 aliphatic carbocycles. The first-order chi connectivity index (χ1) is 4.57. The molecular weight excluding hydrogens is 150 g/mol. The summed E-state index contributed by atoms with van der Waals surface area (Å²) in [5.41, 5.74) is 0. The molecule has 0 rings (SSSR count). The van der Waals surface area contributed by atoms with Gasteiger partial charge in [-0.15, -0.1) is 0 Å². The Balaban J connectivity index is 3.74. The molecule has 0 bridgehead atoms. The van der Waals surface area contributed by atoms with Gasteiger partial charge in [-0.3, -0.25) is 0 Å². The van der Waals surface area contributed by atoms with Crippen molar-refractivity contribution in [2.75, 3.05) is 0 Å². The maximum atomic E-state index is 10.8. The Labute approximate surface area is 54.2 Å². The van der Waals surface area contributed by atoms with Crippen molar-refractivity contribution >= 4 is 19.3 Å². The average molecular weight is 152 g/mol. The highest BCUT2D eigenvalue weighted by atomic mass is 19.3. The van der Waals surface area contributed by atoms with Gasteiger partial charge in [-0.1, -0.05) is 0 Å². The van der Waals surface area contributed by atoms with Crippen LogP contribution in [0.3, 0.4) is 0 Å². The molecule has 0 heterocycles. The lowest BCUT2D eigenvalue weighted by atomic mass is 10.3. The number of halogens is 1.